The van der Waals surface area contributed by atoms with Crippen molar-refractivity contribution in [2.75, 3.05) is 29.9 Å². The number of rotatable bonds is 10. The third-order valence-electron chi connectivity index (χ3n) is 7.97. The number of hydrogen-bond acceptors (Lipinski definition) is 8. The topological polar surface area (TPSA) is 128 Å². The molecule has 3 atom stereocenters. The first-order valence-electron chi connectivity index (χ1n) is 17.6. The van der Waals surface area contributed by atoms with Crippen LogP contribution in [0, 0.1) is 37.0 Å². The van der Waals surface area contributed by atoms with Gasteiger partial charge in [0.05, 0.1) is 11.8 Å². The number of carbonyl (C=O) groups excluding carboxylic acids is 1. The molecule has 0 spiro atoms. The minimum Gasteiger partial charge on any atom is -0.390 e. The van der Waals surface area contributed by atoms with Crippen LogP contribution in [-0.4, -0.2) is 52.3 Å². The van der Waals surface area contributed by atoms with Crippen molar-refractivity contribution in [3.63, 3.8) is 0 Å². The van der Waals surface area contributed by atoms with E-state index in [-0.39, 0.29) is 18.4 Å². The Hall–Kier alpha value is -3.09. The fourth-order valence-electron chi connectivity index (χ4n) is 4.46. The predicted octanol–water partition coefficient (Wildman–Crippen LogP) is 9.23. The fraction of sp³-hybridized carbons (Fsp3) is 0.684. The van der Waals surface area contributed by atoms with Gasteiger partial charge in [0, 0.05) is 37.0 Å². The summed E-state index contributed by atoms with van der Waals surface area (Å²) in [6.07, 6.45) is 9.97. The molecule has 0 amide bonds. The number of aliphatic hydroxyl groups is 1. The third kappa shape index (κ3) is 18.1. The van der Waals surface area contributed by atoms with Gasteiger partial charge >= 0.3 is 0 Å². The molecule has 2 aromatic rings. The van der Waals surface area contributed by atoms with Gasteiger partial charge in [-0.05, 0) is 77.3 Å². The molecule has 1 fully saturated rings. The molecule has 9 heteroatoms. The van der Waals surface area contributed by atoms with Gasteiger partial charge in [0.2, 0.25) is 5.95 Å². The minimum absolute atomic E-state index is 0.204. The molecular weight excluding hydrogens is 591 g/mol. The molecule has 0 aliphatic carbocycles. The number of alkyl halides is 1. The predicted molar refractivity (Wildman–Crippen MR) is 198 cm³/mol. The lowest BCUT2D eigenvalue weighted by atomic mass is 9.77. The van der Waals surface area contributed by atoms with Crippen LogP contribution in [0.5, 0.6) is 0 Å². The highest BCUT2D eigenvalue weighted by Gasteiger charge is 2.44. The van der Waals surface area contributed by atoms with Crippen LogP contribution in [0.15, 0.2) is 24.4 Å². The van der Waals surface area contributed by atoms with Gasteiger partial charge < -0.3 is 25.9 Å². The standard InChI is InChI=1S/C21H27FN6.C6H14O.C5H10O.C4H10.C2H6/c1-13-5-6-18(7-14(13)2)26-19-16(8-23)10-25-20(27-19)28-11-15(3)21(4,22)17(9-24)12-28;1-4-5-6(2,3)7;1-2-3-4-5-6;1-3-4-2;1-2/h5-7,10,15,17H,9,11-12,24H2,1-4H3,(H,25,26,27);7H,4-5H2,1-3H3;5H,2-4H2,1H3;3-4H2,1-2H3;1-2H3. The average Bonchev–Trinajstić information content (AvgIpc) is 3.04. The highest BCUT2D eigenvalue weighted by Crippen LogP contribution is 2.37. The molecule has 0 bridgehead atoms. The molecule has 47 heavy (non-hydrogen) atoms. The van der Waals surface area contributed by atoms with E-state index in [4.69, 9.17) is 10.8 Å². The number of nitrogens with two attached hydrogens (primary N) is 1. The molecule has 0 radical (unpaired) electrons. The number of anilines is 3. The summed E-state index contributed by atoms with van der Waals surface area (Å²) in [7, 11) is 0. The maximum Gasteiger partial charge on any atom is 0.227 e. The Bertz CT molecular complexity index is 1160. The lowest BCUT2D eigenvalue weighted by Gasteiger charge is -2.45. The number of aromatic nitrogens is 2. The van der Waals surface area contributed by atoms with E-state index >= 15 is 0 Å². The summed E-state index contributed by atoms with van der Waals surface area (Å²) >= 11 is 0. The summed E-state index contributed by atoms with van der Waals surface area (Å²) in [6.45, 7) is 25.0. The molecule has 1 saturated heterocycles. The van der Waals surface area contributed by atoms with Gasteiger partial charge in [0.1, 0.15) is 23.6 Å². The van der Waals surface area contributed by atoms with Crippen LogP contribution in [0.25, 0.3) is 0 Å². The van der Waals surface area contributed by atoms with Crippen LogP contribution in [0.4, 0.5) is 21.8 Å². The number of aldehydes is 1. The van der Waals surface area contributed by atoms with Crippen LogP contribution in [0.2, 0.25) is 0 Å². The van der Waals surface area contributed by atoms with Crippen LogP contribution < -0.4 is 16.0 Å². The lowest BCUT2D eigenvalue weighted by Crippen LogP contribution is -2.56. The number of aryl methyl sites for hydroxylation is 2. The lowest BCUT2D eigenvalue weighted by molar-refractivity contribution is -0.107. The molecule has 4 N–H and O–H groups in total. The van der Waals surface area contributed by atoms with E-state index in [0.29, 0.717) is 30.4 Å². The van der Waals surface area contributed by atoms with Gasteiger partial charge in [-0.15, -0.1) is 0 Å². The Morgan fingerprint density at radius 1 is 1.13 bits per heavy atom. The highest BCUT2D eigenvalue weighted by molar-refractivity contribution is 5.64. The van der Waals surface area contributed by atoms with Gasteiger partial charge in [-0.1, -0.05) is 80.2 Å². The van der Waals surface area contributed by atoms with E-state index in [2.05, 4.69) is 49.0 Å². The number of hydrogen-bond donors (Lipinski definition) is 3. The number of nitriles is 1. The van der Waals surface area contributed by atoms with Crippen molar-refractivity contribution < 1.29 is 14.3 Å². The largest absolute Gasteiger partial charge is 0.390 e. The first-order chi connectivity index (χ1) is 22.1. The minimum atomic E-state index is -1.32. The van der Waals surface area contributed by atoms with Gasteiger partial charge in [-0.2, -0.15) is 10.2 Å². The summed E-state index contributed by atoms with van der Waals surface area (Å²) in [5, 5.41) is 21.7. The smallest absolute Gasteiger partial charge is 0.227 e. The van der Waals surface area contributed by atoms with E-state index in [0.717, 1.165) is 49.6 Å². The van der Waals surface area contributed by atoms with Crippen molar-refractivity contribution in [2.24, 2.45) is 17.6 Å². The number of unbranched alkanes of at least 4 members (excludes halogenated alkanes) is 3. The summed E-state index contributed by atoms with van der Waals surface area (Å²) in [5.41, 5.74) is 7.61. The summed E-state index contributed by atoms with van der Waals surface area (Å²) in [6, 6.07) is 8.11. The van der Waals surface area contributed by atoms with Crippen molar-refractivity contribution >= 4 is 23.7 Å². The molecule has 1 aliphatic heterocycles. The molecule has 0 saturated carbocycles. The first-order valence-corrected chi connectivity index (χ1v) is 17.6. The van der Waals surface area contributed by atoms with Crippen molar-refractivity contribution in [1.29, 1.82) is 5.26 Å². The zero-order chi connectivity index (χ0) is 36.6. The molecule has 1 aromatic heterocycles. The SMILES string of the molecule is CC.CCCC.CCCC(C)(C)O.CCCCC=O.Cc1ccc(Nc2nc(N3CC(C)C(C)(F)C(CN)C3)ncc2C#N)cc1C. The van der Waals surface area contributed by atoms with E-state index < -0.39 is 11.3 Å². The van der Waals surface area contributed by atoms with E-state index in [1.807, 2.05) is 71.6 Å². The quantitative estimate of drug-likeness (QED) is 0.170. The van der Waals surface area contributed by atoms with E-state index in [9.17, 15) is 14.4 Å². The molecule has 1 aromatic carbocycles. The van der Waals surface area contributed by atoms with Gasteiger partial charge in [0.15, 0.2) is 5.82 Å². The second-order valence-corrected chi connectivity index (χ2v) is 12.7. The number of halogens is 1. The number of nitrogens with one attached hydrogen (secondary N) is 1. The molecule has 2 heterocycles. The number of carbonyl (C=O) groups is 1. The second-order valence-electron chi connectivity index (χ2n) is 12.7. The molecule has 3 unspecified atom stereocenters. The van der Waals surface area contributed by atoms with E-state index in [1.54, 1.807) is 6.92 Å². The molecule has 1 aliphatic rings. The normalized spacial score (nSPS) is 18.3. The van der Waals surface area contributed by atoms with E-state index in [1.165, 1.54) is 24.6 Å². The first kappa shape index (κ1) is 46.0. The highest BCUT2D eigenvalue weighted by atomic mass is 19.1. The Balaban J connectivity index is 0. The fourth-order valence-corrected chi connectivity index (χ4v) is 4.46. The zero-order valence-electron chi connectivity index (χ0n) is 31.7. The second kappa shape index (κ2) is 25.0. The maximum absolute atomic E-state index is 15.0. The van der Waals surface area contributed by atoms with Crippen LogP contribution in [0.1, 0.15) is 131 Å². The third-order valence-corrected chi connectivity index (χ3v) is 7.97. The van der Waals surface area contributed by atoms with Crippen LogP contribution in [0.3, 0.4) is 0 Å². The Labute approximate surface area is 286 Å². The number of benzene rings is 1. The zero-order valence-corrected chi connectivity index (χ0v) is 31.7. The number of nitrogens with zero attached hydrogens (tertiary/aromatic N) is 4. The number of piperidine rings is 1. The Kier molecular flexibility index (Phi) is 24.5. The summed E-state index contributed by atoms with van der Waals surface area (Å²) < 4.78 is 15.0. The molecular formula is C38H67FN6O2. The van der Waals surface area contributed by atoms with Crippen LogP contribution >= 0.6 is 0 Å². The van der Waals surface area contributed by atoms with Gasteiger partial charge in [0.25, 0.3) is 0 Å². The van der Waals surface area contributed by atoms with Crippen molar-refractivity contribution in [3.05, 3.63) is 41.1 Å². The van der Waals surface area contributed by atoms with Crippen molar-refractivity contribution in [3.8, 4) is 6.07 Å². The summed E-state index contributed by atoms with van der Waals surface area (Å²) in [4.78, 5) is 20.4. The molecule has 268 valence electrons. The molecule has 8 nitrogen and oxygen atoms in total. The van der Waals surface area contributed by atoms with Crippen molar-refractivity contribution in [1.82, 2.24) is 9.97 Å². The average molecular weight is 659 g/mol. The maximum atomic E-state index is 15.0. The van der Waals surface area contributed by atoms with Gasteiger partial charge in [-0.3, -0.25) is 0 Å². The van der Waals surface area contributed by atoms with Crippen LogP contribution in [-0.2, 0) is 4.79 Å². The van der Waals surface area contributed by atoms with Gasteiger partial charge in [-0.25, -0.2) is 9.37 Å². The monoisotopic (exact) mass is 659 g/mol. The summed E-state index contributed by atoms with van der Waals surface area (Å²) in [5.74, 6) is 0.421. The molecule has 3 rings (SSSR count). The Morgan fingerprint density at radius 2 is 1.74 bits per heavy atom. The van der Waals surface area contributed by atoms with Crippen molar-refractivity contribution in [2.45, 2.75) is 139 Å². The Morgan fingerprint density at radius 3 is 2.15 bits per heavy atom.